The highest BCUT2D eigenvalue weighted by Gasteiger charge is 2.24. The summed E-state index contributed by atoms with van der Waals surface area (Å²) in [6.07, 6.45) is 2.83. The standard InChI is InChI=1S/C10H10O2S.C6H9NO2/c11-10(12)9-6-5-7-3-1-2-4-8(7)13-9;1-2-3-5(4-7)6(8)9/h1-4,9H,5-6H2,(H,11,12);5H,2-3H2,1H3,(H,8,9). The second-order valence-electron chi connectivity index (χ2n) is 4.90. The lowest BCUT2D eigenvalue weighted by Gasteiger charge is -2.20. The summed E-state index contributed by atoms with van der Waals surface area (Å²) < 4.78 is 0. The van der Waals surface area contributed by atoms with E-state index in [0.29, 0.717) is 6.42 Å². The van der Waals surface area contributed by atoms with Crippen LogP contribution in [0.15, 0.2) is 29.2 Å². The van der Waals surface area contributed by atoms with Crippen molar-refractivity contribution in [1.29, 1.82) is 5.26 Å². The van der Waals surface area contributed by atoms with Crippen LogP contribution in [0.25, 0.3) is 0 Å². The van der Waals surface area contributed by atoms with Gasteiger partial charge in [0, 0.05) is 4.90 Å². The van der Waals surface area contributed by atoms with Gasteiger partial charge in [-0.25, -0.2) is 0 Å². The molecule has 0 saturated heterocycles. The van der Waals surface area contributed by atoms with Crippen LogP contribution in [0.2, 0.25) is 0 Å². The lowest BCUT2D eigenvalue weighted by Crippen LogP contribution is -2.20. The van der Waals surface area contributed by atoms with Crippen LogP contribution in [-0.2, 0) is 16.0 Å². The van der Waals surface area contributed by atoms with Crippen molar-refractivity contribution in [3.8, 4) is 6.07 Å². The molecule has 1 heterocycles. The summed E-state index contributed by atoms with van der Waals surface area (Å²) >= 11 is 1.47. The van der Waals surface area contributed by atoms with E-state index in [1.54, 1.807) is 6.07 Å². The topological polar surface area (TPSA) is 98.4 Å². The van der Waals surface area contributed by atoms with Gasteiger partial charge in [0.25, 0.3) is 0 Å². The molecule has 2 unspecified atom stereocenters. The number of aryl methyl sites for hydroxylation is 1. The summed E-state index contributed by atoms with van der Waals surface area (Å²) in [6, 6.07) is 9.72. The molecule has 2 atom stereocenters. The highest BCUT2D eigenvalue weighted by molar-refractivity contribution is 8.00. The Balaban J connectivity index is 0.000000239. The molecule has 0 radical (unpaired) electrons. The molecule has 0 saturated carbocycles. The molecular weight excluding hydrogens is 302 g/mol. The van der Waals surface area contributed by atoms with Gasteiger partial charge in [0.1, 0.15) is 11.2 Å². The van der Waals surface area contributed by atoms with Crippen LogP contribution in [0.3, 0.4) is 0 Å². The van der Waals surface area contributed by atoms with Crippen molar-refractivity contribution in [3.05, 3.63) is 29.8 Å². The zero-order valence-corrected chi connectivity index (χ0v) is 13.2. The third kappa shape index (κ3) is 5.41. The van der Waals surface area contributed by atoms with Gasteiger partial charge in [-0.05, 0) is 30.9 Å². The van der Waals surface area contributed by atoms with Crippen LogP contribution >= 0.6 is 11.8 Å². The molecule has 0 fully saturated rings. The van der Waals surface area contributed by atoms with Crippen molar-refractivity contribution in [2.45, 2.75) is 42.8 Å². The Morgan fingerprint density at radius 3 is 2.59 bits per heavy atom. The molecule has 5 nitrogen and oxygen atoms in total. The SMILES string of the molecule is CCCC(C#N)C(=O)O.O=C(O)C1CCc2ccccc2S1. The molecule has 2 N–H and O–H groups in total. The van der Waals surface area contributed by atoms with E-state index in [1.165, 1.54) is 17.3 Å². The minimum Gasteiger partial charge on any atom is -0.480 e. The number of hydrogen-bond acceptors (Lipinski definition) is 4. The van der Waals surface area contributed by atoms with Crippen LogP contribution in [-0.4, -0.2) is 27.4 Å². The molecule has 118 valence electrons. The van der Waals surface area contributed by atoms with Crippen molar-refractivity contribution in [1.82, 2.24) is 0 Å². The zero-order valence-electron chi connectivity index (χ0n) is 12.4. The molecule has 1 aliphatic heterocycles. The maximum Gasteiger partial charge on any atom is 0.320 e. The largest absolute Gasteiger partial charge is 0.480 e. The average molecular weight is 321 g/mol. The van der Waals surface area contributed by atoms with Gasteiger partial charge < -0.3 is 10.2 Å². The molecular formula is C16H19NO4S. The van der Waals surface area contributed by atoms with Crippen LogP contribution < -0.4 is 0 Å². The van der Waals surface area contributed by atoms with E-state index in [4.69, 9.17) is 15.5 Å². The van der Waals surface area contributed by atoms with Gasteiger partial charge in [-0.1, -0.05) is 31.5 Å². The summed E-state index contributed by atoms with van der Waals surface area (Å²) in [7, 11) is 0. The molecule has 1 aromatic rings. The van der Waals surface area contributed by atoms with Crippen LogP contribution in [0.5, 0.6) is 0 Å². The molecule has 6 heteroatoms. The zero-order chi connectivity index (χ0) is 16.5. The molecule has 2 rings (SSSR count). The number of carboxylic acids is 2. The van der Waals surface area contributed by atoms with Crippen molar-refractivity contribution in [2.75, 3.05) is 0 Å². The summed E-state index contributed by atoms with van der Waals surface area (Å²) in [6.45, 7) is 1.85. The highest BCUT2D eigenvalue weighted by Crippen LogP contribution is 2.34. The summed E-state index contributed by atoms with van der Waals surface area (Å²) in [5.41, 5.74) is 1.28. The number of carboxylic acid groups (broad SMARTS) is 2. The predicted molar refractivity (Wildman–Crippen MR) is 83.7 cm³/mol. The number of nitriles is 1. The fourth-order valence-corrected chi connectivity index (χ4v) is 3.15. The van der Waals surface area contributed by atoms with Crippen LogP contribution in [0.1, 0.15) is 31.7 Å². The number of hydrogen-bond donors (Lipinski definition) is 2. The average Bonchev–Trinajstić information content (AvgIpc) is 2.52. The second kappa shape index (κ2) is 9.11. The minimum atomic E-state index is -1.01. The van der Waals surface area contributed by atoms with Crippen molar-refractivity contribution < 1.29 is 19.8 Å². The van der Waals surface area contributed by atoms with E-state index in [2.05, 4.69) is 6.07 Å². The molecule has 0 aliphatic carbocycles. The molecule has 0 aromatic heterocycles. The molecule has 1 aliphatic rings. The van der Waals surface area contributed by atoms with Gasteiger partial charge >= 0.3 is 11.9 Å². The van der Waals surface area contributed by atoms with Gasteiger partial charge in [0.15, 0.2) is 0 Å². The number of carbonyl (C=O) groups is 2. The smallest absolute Gasteiger partial charge is 0.320 e. The summed E-state index contributed by atoms with van der Waals surface area (Å²) in [5, 5.41) is 25.1. The predicted octanol–water partition coefficient (Wildman–Crippen LogP) is 3.19. The van der Waals surface area contributed by atoms with Crippen molar-refractivity contribution in [2.24, 2.45) is 5.92 Å². The van der Waals surface area contributed by atoms with E-state index in [-0.39, 0.29) is 5.25 Å². The Morgan fingerprint density at radius 2 is 2.09 bits per heavy atom. The summed E-state index contributed by atoms with van der Waals surface area (Å²) in [5.74, 6) is -2.52. The third-order valence-corrected chi connectivity index (χ3v) is 4.60. The van der Waals surface area contributed by atoms with Gasteiger partial charge in [0.05, 0.1) is 6.07 Å². The molecule has 1 aromatic carbocycles. The first-order chi connectivity index (χ1) is 10.5. The Morgan fingerprint density at radius 1 is 1.41 bits per heavy atom. The maximum atomic E-state index is 10.7. The number of nitrogens with zero attached hydrogens (tertiary/aromatic N) is 1. The van der Waals surface area contributed by atoms with Gasteiger partial charge in [-0.2, -0.15) is 5.26 Å². The maximum absolute atomic E-state index is 10.7. The molecule has 0 amide bonds. The fraction of sp³-hybridized carbons (Fsp3) is 0.438. The Hall–Kier alpha value is -2.00. The van der Waals surface area contributed by atoms with Gasteiger partial charge in [-0.3, -0.25) is 9.59 Å². The second-order valence-corrected chi connectivity index (χ2v) is 6.14. The van der Waals surface area contributed by atoms with Crippen LogP contribution in [0.4, 0.5) is 0 Å². The lowest BCUT2D eigenvalue weighted by molar-refractivity contribution is -0.140. The molecule has 0 spiro atoms. The van der Waals surface area contributed by atoms with Crippen LogP contribution in [0, 0.1) is 17.2 Å². The number of fused-ring (bicyclic) bond motifs is 1. The van der Waals surface area contributed by atoms with Crippen molar-refractivity contribution >= 4 is 23.7 Å². The van der Waals surface area contributed by atoms with E-state index in [0.717, 1.165) is 24.2 Å². The Labute approximate surface area is 134 Å². The number of aliphatic carboxylic acids is 2. The number of thioether (sulfide) groups is 1. The molecule has 0 bridgehead atoms. The number of rotatable bonds is 4. The van der Waals surface area contributed by atoms with E-state index < -0.39 is 17.9 Å². The third-order valence-electron chi connectivity index (χ3n) is 3.22. The first-order valence-corrected chi connectivity index (χ1v) is 7.97. The molecule has 22 heavy (non-hydrogen) atoms. The first-order valence-electron chi connectivity index (χ1n) is 7.09. The summed E-state index contributed by atoms with van der Waals surface area (Å²) in [4.78, 5) is 22.0. The first kappa shape index (κ1) is 18.1. The minimum absolute atomic E-state index is 0.255. The Bertz CT molecular complexity index is 568. The van der Waals surface area contributed by atoms with E-state index in [1.807, 2.05) is 25.1 Å². The van der Waals surface area contributed by atoms with Gasteiger partial charge in [0.2, 0.25) is 0 Å². The lowest BCUT2D eigenvalue weighted by atomic mass is 10.1. The Kier molecular flexibility index (Phi) is 7.47. The number of benzene rings is 1. The van der Waals surface area contributed by atoms with E-state index in [9.17, 15) is 9.59 Å². The fourth-order valence-electron chi connectivity index (χ4n) is 2.03. The quantitative estimate of drug-likeness (QED) is 0.883. The monoisotopic (exact) mass is 321 g/mol. The van der Waals surface area contributed by atoms with Gasteiger partial charge in [-0.15, -0.1) is 11.8 Å². The van der Waals surface area contributed by atoms with Crippen molar-refractivity contribution in [3.63, 3.8) is 0 Å². The highest BCUT2D eigenvalue weighted by atomic mass is 32.2. The van der Waals surface area contributed by atoms with E-state index >= 15 is 0 Å². The normalized spacial score (nSPS) is 17.2.